The van der Waals surface area contributed by atoms with Crippen molar-refractivity contribution in [1.29, 1.82) is 0 Å². The smallest absolute Gasteiger partial charge is 0.243 e. The van der Waals surface area contributed by atoms with Crippen LogP contribution in [-0.2, 0) is 21.4 Å². The third-order valence-electron chi connectivity index (χ3n) is 4.61. The van der Waals surface area contributed by atoms with E-state index in [2.05, 4.69) is 5.32 Å². The molecule has 2 aromatic rings. The first-order chi connectivity index (χ1) is 12.8. The van der Waals surface area contributed by atoms with Gasteiger partial charge >= 0.3 is 0 Å². The van der Waals surface area contributed by atoms with Gasteiger partial charge in [0, 0.05) is 35.9 Å². The molecule has 27 heavy (non-hydrogen) atoms. The first kappa shape index (κ1) is 20.0. The molecule has 1 aromatic carbocycles. The van der Waals surface area contributed by atoms with Crippen molar-refractivity contribution in [2.45, 2.75) is 25.3 Å². The Labute approximate surface area is 164 Å². The van der Waals surface area contributed by atoms with Crippen LogP contribution in [0.3, 0.4) is 0 Å². The van der Waals surface area contributed by atoms with Crippen LogP contribution in [0.2, 0.25) is 0 Å². The van der Waals surface area contributed by atoms with Gasteiger partial charge in [-0.25, -0.2) is 8.42 Å². The molecule has 0 radical (unpaired) electrons. The van der Waals surface area contributed by atoms with E-state index in [9.17, 15) is 13.2 Å². The Hall–Kier alpha value is -1.74. The number of nitrogens with one attached hydrogen (secondary N) is 1. The molecule has 1 aliphatic heterocycles. The predicted molar refractivity (Wildman–Crippen MR) is 107 cm³/mol. The molecule has 1 amide bonds. The number of carbonyl (C=O) groups is 1. The molecule has 2 heterocycles. The molecule has 0 saturated carbocycles. The number of benzene rings is 1. The summed E-state index contributed by atoms with van der Waals surface area (Å²) in [7, 11) is -3.47. The number of carbonyl (C=O) groups excluding carboxylic acids is 1. The first-order valence-electron chi connectivity index (χ1n) is 8.96. The highest BCUT2D eigenvalue weighted by atomic mass is 32.2. The fourth-order valence-electron chi connectivity index (χ4n) is 3.01. The van der Waals surface area contributed by atoms with Gasteiger partial charge in [0.15, 0.2) is 0 Å². The number of amides is 1. The van der Waals surface area contributed by atoms with E-state index in [-0.39, 0.29) is 5.91 Å². The van der Waals surface area contributed by atoms with E-state index in [4.69, 9.17) is 0 Å². The van der Waals surface area contributed by atoms with Crippen molar-refractivity contribution in [3.63, 3.8) is 0 Å². The van der Waals surface area contributed by atoms with Crippen LogP contribution in [0, 0.1) is 13.8 Å². The van der Waals surface area contributed by atoms with Crippen LogP contribution in [0.15, 0.2) is 41.3 Å². The molecule has 1 fully saturated rings. The molecular weight excluding hydrogens is 382 g/mol. The lowest BCUT2D eigenvalue weighted by Gasteiger charge is -2.33. The van der Waals surface area contributed by atoms with Gasteiger partial charge in [-0.15, -0.1) is 11.3 Å². The molecule has 1 aliphatic rings. The number of piperazine rings is 1. The predicted octanol–water partition coefficient (Wildman–Crippen LogP) is 1.99. The van der Waals surface area contributed by atoms with Gasteiger partial charge < -0.3 is 5.32 Å². The molecule has 1 saturated heterocycles. The maximum absolute atomic E-state index is 12.7. The maximum Gasteiger partial charge on any atom is 0.243 e. The number of hydrogen-bond donors (Lipinski definition) is 1. The maximum atomic E-state index is 12.7. The molecule has 0 spiro atoms. The largest absolute Gasteiger partial charge is 0.350 e. The first-order valence-corrected chi connectivity index (χ1v) is 11.2. The van der Waals surface area contributed by atoms with Crippen LogP contribution < -0.4 is 5.32 Å². The van der Waals surface area contributed by atoms with Gasteiger partial charge in [-0.05, 0) is 38.1 Å². The Morgan fingerprint density at radius 2 is 1.70 bits per heavy atom. The number of hydrogen-bond acceptors (Lipinski definition) is 5. The summed E-state index contributed by atoms with van der Waals surface area (Å²) in [5.41, 5.74) is 1.03. The van der Waals surface area contributed by atoms with Crippen molar-refractivity contribution in [3.8, 4) is 0 Å². The molecule has 0 bridgehead atoms. The van der Waals surface area contributed by atoms with Gasteiger partial charge in [0.1, 0.15) is 0 Å². The molecule has 8 heteroatoms. The van der Waals surface area contributed by atoms with Crippen LogP contribution in [-0.4, -0.2) is 56.3 Å². The minimum absolute atomic E-state index is 0.0316. The van der Waals surface area contributed by atoms with Crippen molar-refractivity contribution in [2.24, 2.45) is 0 Å². The zero-order valence-electron chi connectivity index (χ0n) is 15.6. The monoisotopic (exact) mass is 407 g/mol. The molecule has 3 rings (SSSR count). The summed E-state index contributed by atoms with van der Waals surface area (Å²) in [4.78, 5) is 16.8. The topological polar surface area (TPSA) is 69.7 Å². The summed E-state index contributed by atoms with van der Waals surface area (Å²) in [5.74, 6) is -0.0316. The highest BCUT2D eigenvalue weighted by Crippen LogP contribution is 2.18. The summed E-state index contributed by atoms with van der Waals surface area (Å²) in [6.45, 7) is 6.70. The summed E-state index contributed by atoms with van der Waals surface area (Å²) in [5, 5.41) is 2.93. The standard InChI is InChI=1S/C19H25N3O3S2/c1-15-3-7-18(8-4-15)27(24,25)22-11-9-21(10-12-22)14-19(23)20-13-17-6-5-16(2)26-17/h3-8H,9-14H2,1-2H3,(H,20,23). The van der Waals surface area contributed by atoms with Crippen molar-refractivity contribution in [3.05, 3.63) is 51.7 Å². The summed E-state index contributed by atoms with van der Waals surface area (Å²) in [6, 6.07) is 11.0. The van der Waals surface area contributed by atoms with E-state index in [0.717, 1.165) is 10.4 Å². The van der Waals surface area contributed by atoms with E-state index in [1.165, 1.54) is 9.18 Å². The second-order valence-corrected chi connectivity index (χ2v) is 10.1. The second kappa shape index (κ2) is 8.52. The molecular formula is C19H25N3O3S2. The average molecular weight is 408 g/mol. The van der Waals surface area contributed by atoms with Crippen molar-refractivity contribution in [2.75, 3.05) is 32.7 Å². The fraction of sp³-hybridized carbons (Fsp3) is 0.421. The van der Waals surface area contributed by atoms with E-state index >= 15 is 0 Å². The third-order valence-corrected chi connectivity index (χ3v) is 7.53. The van der Waals surface area contributed by atoms with Crippen LogP contribution in [0.4, 0.5) is 0 Å². The lowest BCUT2D eigenvalue weighted by Crippen LogP contribution is -2.50. The Balaban J connectivity index is 1.48. The van der Waals surface area contributed by atoms with E-state index in [1.54, 1.807) is 23.5 Å². The molecule has 6 nitrogen and oxygen atoms in total. The second-order valence-electron chi connectivity index (χ2n) is 6.78. The highest BCUT2D eigenvalue weighted by Gasteiger charge is 2.28. The van der Waals surface area contributed by atoms with Gasteiger partial charge in [0.2, 0.25) is 15.9 Å². The molecule has 0 aliphatic carbocycles. The van der Waals surface area contributed by atoms with Crippen molar-refractivity contribution in [1.82, 2.24) is 14.5 Å². The number of thiophene rings is 1. The van der Waals surface area contributed by atoms with Gasteiger partial charge in [-0.3, -0.25) is 9.69 Å². The number of sulfonamides is 1. The van der Waals surface area contributed by atoms with E-state index in [0.29, 0.717) is 44.2 Å². The lowest BCUT2D eigenvalue weighted by molar-refractivity contribution is -0.122. The van der Waals surface area contributed by atoms with Gasteiger partial charge in [0.05, 0.1) is 18.0 Å². The third kappa shape index (κ3) is 5.16. The zero-order chi connectivity index (χ0) is 19.4. The summed E-state index contributed by atoms with van der Waals surface area (Å²) < 4.78 is 26.9. The summed E-state index contributed by atoms with van der Waals surface area (Å²) in [6.07, 6.45) is 0. The molecule has 1 aromatic heterocycles. The number of rotatable bonds is 6. The quantitative estimate of drug-likeness (QED) is 0.795. The lowest BCUT2D eigenvalue weighted by atomic mass is 10.2. The minimum atomic E-state index is -3.47. The SMILES string of the molecule is Cc1ccc(S(=O)(=O)N2CCN(CC(=O)NCc3ccc(C)s3)CC2)cc1. The van der Waals surface area contributed by atoms with Crippen molar-refractivity contribution < 1.29 is 13.2 Å². The summed E-state index contributed by atoms with van der Waals surface area (Å²) >= 11 is 1.68. The van der Waals surface area contributed by atoms with Gasteiger partial charge in [0.25, 0.3) is 0 Å². The van der Waals surface area contributed by atoms with E-state index in [1.807, 2.05) is 43.0 Å². The molecule has 146 valence electrons. The minimum Gasteiger partial charge on any atom is -0.350 e. The van der Waals surface area contributed by atoms with Crippen molar-refractivity contribution >= 4 is 27.3 Å². The zero-order valence-corrected chi connectivity index (χ0v) is 17.3. The van der Waals surface area contributed by atoms with Crippen LogP contribution in [0.1, 0.15) is 15.3 Å². The highest BCUT2D eigenvalue weighted by molar-refractivity contribution is 7.89. The Bertz CT molecular complexity index is 883. The Morgan fingerprint density at radius 3 is 2.30 bits per heavy atom. The van der Waals surface area contributed by atoms with Crippen LogP contribution >= 0.6 is 11.3 Å². The number of nitrogens with zero attached hydrogens (tertiary/aromatic N) is 2. The molecule has 0 atom stereocenters. The van der Waals surface area contributed by atoms with Gasteiger partial charge in [-0.1, -0.05) is 17.7 Å². The van der Waals surface area contributed by atoms with Crippen LogP contribution in [0.5, 0.6) is 0 Å². The molecule has 0 unspecified atom stereocenters. The fourth-order valence-corrected chi connectivity index (χ4v) is 5.26. The number of aryl methyl sites for hydroxylation is 2. The van der Waals surface area contributed by atoms with E-state index < -0.39 is 10.0 Å². The Morgan fingerprint density at radius 1 is 1.04 bits per heavy atom. The average Bonchev–Trinajstić information content (AvgIpc) is 3.06. The van der Waals surface area contributed by atoms with Gasteiger partial charge in [-0.2, -0.15) is 4.31 Å². The van der Waals surface area contributed by atoms with Crippen LogP contribution in [0.25, 0.3) is 0 Å². The molecule has 1 N–H and O–H groups in total. The normalized spacial score (nSPS) is 16.4. The Kier molecular flexibility index (Phi) is 6.31.